The Morgan fingerprint density at radius 3 is 2.90 bits per heavy atom. The van der Waals surface area contributed by atoms with Gasteiger partial charge in [-0.15, -0.1) is 0 Å². The molecule has 1 saturated heterocycles. The van der Waals surface area contributed by atoms with Gasteiger partial charge in [-0.25, -0.2) is 0 Å². The van der Waals surface area contributed by atoms with E-state index in [-0.39, 0.29) is 11.8 Å². The van der Waals surface area contributed by atoms with Crippen molar-refractivity contribution in [3.63, 3.8) is 0 Å². The van der Waals surface area contributed by atoms with E-state index in [1.807, 2.05) is 25.2 Å². The van der Waals surface area contributed by atoms with Gasteiger partial charge in [-0.05, 0) is 30.7 Å². The first-order valence-corrected chi connectivity index (χ1v) is 7.08. The number of nitrogens with one attached hydrogen (secondary N) is 1. The lowest BCUT2D eigenvalue weighted by Crippen LogP contribution is -2.33. The Balaban J connectivity index is 1.66. The van der Waals surface area contributed by atoms with Gasteiger partial charge in [0.05, 0.1) is 5.92 Å². The van der Waals surface area contributed by atoms with E-state index in [4.69, 9.17) is 9.47 Å². The summed E-state index contributed by atoms with van der Waals surface area (Å²) in [5.41, 5.74) is 1.07. The Kier molecular flexibility index (Phi) is 3.78. The second kappa shape index (κ2) is 5.71. The molecule has 0 saturated carbocycles. The van der Waals surface area contributed by atoms with Gasteiger partial charge in [0.2, 0.25) is 5.91 Å². The molecule has 2 aliphatic heterocycles. The fraction of sp³-hybridized carbons (Fsp3) is 0.533. The molecule has 0 radical (unpaired) electrons. The predicted octanol–water partition coefficient (Wildman–Crippen LogP) is 1.03. The predicted molar refractivity (Wildman–Crippen MR) is 74.9 cm³/mol. The average molecular weight is 276 g/mol. The van der Waals surface area contributed by atoms with Gasteiger partial charge < -0.3 is 19.7 Å². The topological polar surface area (TPSA) is 50.8 Å². The first kappa shape index (κ1) is 13.2. The SMILES string of the molecule is CN(Cc1ccc2c(c1)OCCO2)C(=O)C1CCNC1. The minimum atomic E-state index is 0.122. The zero-order valence-electron chi connectivity index (χ0n) is 11.7. The van der Waals surface area contributed by atoms with Crippen LogP contribution in [0.1, 0.15) is 12.0 Å². The van der Waals surface area contributed by atoms with Gasteiger partial charge in [0, 0.05) is 20.1 Å². The van der Waals surface area contributed by atoms with E-state index in [0.717, 1.165) is 36.6 Å². The highest BCUT2D eigenvalue weighted by Crippen LogP contribution is 2.31. The van der Waals surface area contributed by atoms with Crippen LogP contribution in [0.4, 0.5) is 0 Å². The number of fused-ring (bicyclic) bond motifs is 1. The molecule has 0 spiro atoms. The van der Waals surface area contributed by atoms with Crippen molar-refractivity contribution in [2.75, 3.05) is 33.4 Å². The molecule has 1 fully saturated rings. The van der Waals surface area contributed by atoms with Crippen molar-refractivity contribution in [1.29, 1.82) is 0 Å². The summed E-state index contributed by atoms with van der Waals surface area (Å²) in [6, 6.07) is 5.87. The Labute approximate surface area is 118 Å². The van der Waals surface area contributed by atoms with Crippen LogP contribution in [0.3, 0.4) is 0 Å². The van der Waals surface area contributed by atoms with E-state index < -0.39 is 0 Å². The third-order valence-electron chi connectivity index (χ3n) is 3.81. The van der Waals surface area contributed by atoms with Crippen molar-refractivity contribution < 1.29 is 14.3 Å². The van der Waals surface area contributed by atoms with Crippen LogP contribution in [0.25, 0.3) is 0 Å². The minimum absolute atomic E-state index is 0.122. The lowest BCUT2D eigenvalue weighted by molar-refractivity contribution is -0.134. The molecule has 5 nitrogen and oxygen atoms in total. The maximum atomic E-state index is 12.3. The Bertz CT molecular complexity index is 498. The molecule has 108 valence electrons. The van der Waals surface area contributed by atoms with Crippen molar-refractivity contribution in [2.45, 2.75) is 13.0 Å². The number of ether oxygens (including phenoxy) is 2. The first-order valence-electron chi connectivity index (χ1n) is 7.08. The lowest BCUT2D eigenvalue weighted by Gasteiger charge is -2.22. The van der Waals surface area contributed by atoms with Gasteiger partial charge in [-0.1, -0.05) is 6.07 Å². The van der Waals surface area contributed by atoms with Crippen molar-refractivity contribution >= 4 is 5.91 Å². The molecular formula is C15H20N2O3. The van der Waals surface area contributed by atoms with Gasteiger partial charge in [0.1, 0.15) is 13.2 Å². The first-order chi connectivity index (χ1) is 9.74. The van der Waals surface area contributed by atoms with Crippen LogP contribution in [0, 0.1) is 5.92 Å². The van der Waals surface area contributed by atoms with Gasteiger partial charge in [-0.2, -0.15) is 0 Å². The fourth-order valence-corrected chi connectivity index (χ4v) is 2.72. The van der Waals surface area contributed by atoms with Crippen LogP contribution in [0.5, 0.6) is 11.5 Å². The second-order valence-electron chi connectivity index (χ2n) is 5.36. The number of benzene rings is 1. The molecule has 1 aromatic carbocycles. The highest BCUT2D eigenvalue weighted by atomic mass is 16.6. The van der Waals surface area contributed by atoms with E-state index in [0.29, 0.717) is 19.8 Å². The van der Waals surface area contributed by atoms with E-state index in [1.54, 1.807) is 4.90 Å². The highest BCUT2D eigenvalue weighted by molar-refractivity contribution is 5.79. The maximum absolute atomic E-state index is 12.3. The van der Waals surface area contributed by atoms with Gasteiger partial charge in [-0.3, -0.25) is 4.79 Å². The van der Waals surface area contributed by atoms with Crippen molar-refractivity contribution in [2.24, 2.45) is 5.92 Å². The maximum Gasteiger partial charge on any atom is 0.227 e. The Hall–Kier alpha value is -1.75. The molecular weight excluding hydrogens is 256 g/mol. The summed E-state index contributed by atoms with van der Waals surface area (Å²) in [7, 11) is 1.86. The molecule has 0 aliphatic carbocycles. The van der Waals surface area contributed by atoms with Crippen LogP contribution in [0.15, 0.2) is 18.2 Å². The highest BCUT2D eigenvalue weighted by Gasteiger charge is 2.25. The zero-order valence-corrected chi connectivity index (χ0v) is 11.7. The quantitative estimate of drug-likeness (QED) is 0.896. The number of carbonyl (C=O) groups is 1. The van der Waals surface area contributed by atoms with Crippen LogP contribution >= 0.6 is 0 Å². The number of carbonyl (C=O) groups excluding carboxylic acids is 1. The minimum Gasteiger partial charge on any atom is -0.486 e. The molecule has 3 rings (SSSR count). The standard InChI is InChI=1S/C15H20N2O3/c1-17(15(18)12-4-5-16-9-12)10-11-2-3-13-14(8-11)20-7-6-19-13/h2-3,8,12,16H,4-7,9-10H2,1H3. The van der Waals surface area contributed by atoms with Crippen molar-refractivity contribution in [1.82, 2.24) is 10.2 Å². The third-order valence-corrected chi connectivity index (χ3v) is 3.81. The molecule has 2 heterocycles. The normalized spacial score (nSPS) is 20.8. The Morgan fingerprint density at radius 1 is 1.35 bits per heavy atom. The number of amides is 1. The summed E-state index contributed by atoms with van der Waals surface area (Å²) in [4.78, 5) is 14.1. The van der Waals surface area contributed by atoms with Crippen LogP contribution in [-0.4, -0.2) is 44.2 Å². The largest absolute Gasteiger partial charge is 0.486 e. The van der Waals surface area contributed by atoms with E-state index >= 15 is 0 Å². The van der Waals surface area contributed by atoms with E-state index in [1.165, 1.54) is 0 Å². The van der Waals surface area contributed by atoms with Gasteiger partial charge in [0.25, 0.3) is 0 Å². The summed E-state index contributed by atoms with van der Waals surface area (Å²) < 4.78 is 11.1. The van der Waals surface area contributed by atoms with Crippen LogP contribution < -0.4 is 14.8 Å². The smallest absolute Gasteiger partial charge is 0.227 e. The molecule has 1 amide bonds. The van der Waals surface area contributed by atoms with E-state index in [2.05, 4.69) is 5.32 Å². The number of hydrogen-bond acceptors (Lipinski definition) is 4. The summed E-state index contributed by atoms with van der Waals surface area (Å²) in [6.45, 7) is 3.52. The van der Waals surface area contributed by atoms with Crippen LogP contribution in [0.2, 0.25) is 0 Å². The molecule has 0 bridgehead atoms. The molecule has 1 unspecified atom stereocenters. The summed E-state index contributed by atoms with van der Waals surface area (Å²) in [5.74, 6) is 1.90. The number of hydrogen-bond donors (Lipinski definition) is 1. The van der Waals surface area contributed by atoms with Crippen LogP contribution in [-0.2, 0) is 11.3 Å². The molecule has 1 N–H and O–H groups in total. The number of nitrogens with zero attached hydrogens (tertiary/aromatic N) is 1. The molecule has 1 atom stereocenters. The average Bonchev–Trinajstić information content (AvgIpc) is 3.00. The summed E-state index contributed by atoms with van der Waals surface area (Å²) in [6.07, 6.45) is 0.935. The number of rotatable bonds is 3. The van der Waals surface area contributed by atoms with Gasteiger partial charge in [0.15, 0.2) is 11.5 Å². The van der Waals surface area contributed by atoms with Crippen molar-refractivity contribution in [3.8, 4) is 11.5 Å². The third kappa shape index (κ3) is 2.72. The fourth-order valence-electron chi connectivity index (χ4n) is 2.72. The molecule has 1 aromatic rings. The summed E-state index contributed by atoms with van der Waals surface area (Å²) >= 11 is 0. The van der Waals surface area contributed by atoms with Gasteiger partial charge >= 0.3 is 0 Å². The monoisotopic (exact) mass is 276 g/mol. The molecule has 2 aliphatic rings. The summed E-state index contributed by atoms with van der Waals surface area (Å²) in [5, 5.41) is 3.23. The lowest BCUT2D eigenvalue weighted by atomic mass is 10.1. The zero-order chi connectivity index (χ0) is 13.9. The van der Waals surface area contributed by atoms with Crippen molar-refractivity contribution in [3.05, 3.63) is 23.8 Å². The second-order valence-corrected chi connectivity index (χ2v) is 5.36. The molecule has 5 heteroatoms. The molecule has 20 heavy (non-hydrogen) atoms. The molecule has 0 aromatic heterocycles. The van der Waals surface area contributed by atoms with E-state index in [9.17, 15) is 4.79 Å². The Morgan fingerprint density at radius 2 is 2.15 bits per heavy atom.